The van der Waals surface area contributed by atoms with Gasteiger partial charge >= 0.3 is 0 Å². The number of likely N-dealkylation sites (tertiary alicyclic amines) is 1. The first kappa shape index (κ1) is 13.7. The maximum absolute atomic E-state index is 12.2. The lowest BCUT2D eigenvalue weighted by atomic mass is 9.94. The van der Waals surface area contributed by atoms with Gasteiger partial charge in [0.05, 0.1) is 4.86 Å². The third-order valence-corrected chi connectivity index (χ3v) is 4.07. The molecule has 5 nitrogen and oxygen atoms in total. The third-order valence-electron chi connectivity index (χ3n) is 3.31. The fourth-order valence-corrected chi connectivity index (χ4v) is 2.95. The lowest BCUT2D eigenvalue weighted by Crippen LogP contribution is -2.33. The van der Waals surface area contributed by atoms with Crippen LogP contribution in [-0.2, 0) is 19.9 Å². The highest BCUT2D eigenvalue weighted by Crippen LogP contribution is 2.30. The predicted octanol–water partition coefficient (Wildman–Crippen LogP) is 0.709. The minimum atomic E-state index is -2.48. The van der Waals surface area contributed by atoms with Crippen LogP contribution < -0.4 is 0 Å². The van der Waals surface area contributed by atoms with Crippen LogP contribution in [-0.4, -0.2) is 36.5 Å². The van der Waals surface area contributed by atoms with Gasteiger partial charge < -0.3 is 0 Å². The standard InChI is InChI=1S/C13H15NO4S/c1-2-3-4-8-14-12(15)9-6-5-7-10(19(17)18)11(9)13(14)16/h5-7,11H,2-4,8H2,1H3. The Kier molecular flexibility index (Phi) is 3.99. The van der Waals surface area contributed by atoms with E-state index in [1.54, 1.807) is 0 Å². The summed E-state index contributed by atoms with van der Waals surface area (Å²) in [5, 5.41) is 0. The van der Waals surface area contributed by atoms with Crippen molar-refractivity contribution in [2.75, 3.05) is 6.54 Å². The second-order valence-electron chi connectivity index (χ2n) is 4.55. The second-order valence-corrected chi connectivity index (χ2v) is 5.49. The molecule has 0 bridgehead atoms. The van der Waals surface area contributed by atoms with Gasteiger partial charge in [-0.05, 0) is 12.5 Å². The van der Waals surface area contributed by atoms with Gasteiger partial charge in [0.1, 0.15) is 5.92 Å². The van der Waals surface area contributed by atoms with Gasteiger partial charge in [-0.15, -0.1) is 0 Å². The first-order chi connectivity index (χ1) is 9.07. The summed E-state index contributed by atoms with van der Waals surface area (Å²) in [5.41, 5.74) is 0.267. The summed E-state index contributed by atoms with van der Waals surface area (Å²) in [7, 11) is -2.48. The molecule has 1 unspecified atom stereocenters. The smallest absolute Gasteiger partial charge is 0.257 e. The van der Waals surface area contributed by atoms with Gasteiger partial charge in [-0.25, -0.2) is 0 Å². The Hall–Kier alpha value is -1.69. The second kappa shape index (κ2) is 5.52. The topological polar surface area (TPSA) is 71.5 Å². The highest BCUT2D eigenvalue weighted by atomic mass is 32.2. The molecule has 2 rings (SSSR count). The van der Waals surface area contributed by atoms with Crippen molar-refractivity contribution >= 4 is 27.0 Å². The zero-order valence-corrected chi connectivity index (χ0v) is 11.4. The number of hydrogen-bond acceptors (Lipinski definition) is 4. The van der Waals surface area contributed by atoms with Gasteiger partial charge in [0.25, 0.3) is 5.91 Å². The summed E-state index contributed by atoms with van der Waals surface area (Å²) >= 11 is 0. The van der Waals surface area contributed by atoms with Crippen molar-refractivity contribution in [3.8, 4) is 0 Å². The molecule has 19 heavy (non-hydrogen) atoms. The maximum atomic E-state index is 12.2. The lowest BCUT2D eigenvalue weighted by molar-refractivity contribution is -0.138. The summed E-state index contributed by atoms with van der Waals surface area (Å²) in [6, 6.07) is 0. The van der Waals surface area contributed by atoms with Crippen LogP contribution in [0.15, 0.2) is 23.8 Å². The largest absolute Gasteiger partial charge is 0.278 e. The Labute approximate surface area is 113 Å². The molecular formula is C13H15NO4S. The SMILES string of the molecule is CCCCCN1C(=O)C2=CC=CC(=S(=O)=O)C2C1=O. The highest BCUT2D eigenvalue weighted by Gasteiger charge is 2.45. The minimum absolute atomic E-state index is 0.0196. The average molecular weight is 281 g/mol. The molecule has 0 N–H and O–H groups in total. The van der Waals surface area contributed by atoms with Crippen LogP contribution in [0.1, 0.15) is 26.2 Å². The molecule has 1 saturated heterocycles. The molecule has 1 heterocycles. The van der Waals surface area contributed by atoms with Crippen molar-refractivity contribution in [3.63, 3.8) is 0 Å². The molecule has 2 amide bonds. The summed E-state index contributed by atoms with van der Waals surface area (Å²) < 4.78 is 22.2. The first-order valence-electron chi connectivity index (χ1n) is 6.28. The van der Waals surface area contributed by atoms with Crippen LogP contribution in [0.3, 0.4) is 0 Å². The molecule has 1 fully saturated rings. The molecular weight excluding hydrogens is 266 g/mol. The van der Waals surface area contributed by atoms with Crippen molar-refractivity contribution in [2.45, 2.75) is 26.2 Å². The van der Waals surface area contributed by atoms with Gasteiger partial charge in [0.15, 0.2) is 0 Å². The van der Waals surface area contributed by atoms with Gasteiger partial charge in [0, 0.05) is 12.1 Å². The van der Waals surface area contributed by atoms with E-state index in [0.717, 1.165) is 19.3 Å². The highest BCUT2D eigenvalue weighted by molar-refractivity contribution is 7.73. The molecule has 0 spiro atoms. The van der Waals surface area contributed by atoms with E-state index in [1.165, 1.54) is 23.1 Å². The van der Waals surface area contributed by atoms with Crippen molar-refractivity contribution in [1.29, 1.82) is 0 Å². The summed E-state index contributed by atoms with van der Waals surface area (Å²) in [6.45, 7) is 2.39. The number of allylic oxidation sites excluding steroid dienone is 3. The van der Waals surface area contributed by atoms with Gasteiger partial charge in [-0.1, -0.05) is 31.9 Å². The van der Waals surface area contributed by atoms with E-state index >= 15 is 0 Å². The predicted molar refractivity (Wildman–Crippen MR) is 70.9 cm³/mol. The molecule has 1 aliphatic carbocycles. The molecule has 1 atom stereocenters. The number of imide groups is 1. The van der Waals surface area contributed by atoms with Crippen molar-refractivity contribution in [1.82, 2.24) is 4.90 Å². The number of hydrogen-bond donors (Lipinski definition) is 0. The zero-order chi connectivity index (χ0) is 14.0. The van der Waals surface area contributed by atoms with E-state index in [0.29, 0.717) is 6.54 Å². The van der Waals surface area contributed by atoms with Crippen LogP contribution in [0, 0.1) is 5.92 Å². The first-order valence-corrected chi connectivity index (χ1v) is 7.35. The van der Waals surface area contributed by atoms with Gasteiger partial charge in [-0.2, -0.15) is 8.42 Å². The Morgan fingerprint density at radius 3 is 2.63 bits per heavy atom. The number of nitrogens with zero attached hydrogens (tertiary/aromatic N) is 1. The van der Waals surface area contributed by atoms with E-state index < -0.39 is 22.1 Å². The molecule has 2 aliphatic rings. The van der Waals surface area contributed by atoms with Crippen LogP contribution in [0.25, 0.3) is 0 Å². The average Bonchev–Trinajstić information content (AvgIpc) is 2.64. The zero-order valence-electron chi connectivity index (χ0n) is 10.6. The quantitative estimate of drug-likeness (QED) is 0.432. The molecule has 0 saturated carbocycles. The van der Waals surface area contributed by atoms with E-state index in [9.17, 15) is 18.0 Å². The van der Waals surface area contributed by atoms with E-state index in [1.807, 2.05) is 6.92 Å². The van der Waals surface area contributed by atoms with Crippen LogP contribution in [0.2, 0.25) is 0 Å². The maximum Gasteiger partial charge on any atom is 0.257 e. The van der Waals surface area contributed by atoms with Gasteiger partial charge in [0.2, 0.25) is 16.2 Å². The normalized spacial score (nSPS) is 21.7. The Bertz CT molecular complexity index is 605. The number of carbonyl (C=O) groups excluding carboxylic acids is 2. The summed E-state index contributed by atoms with van der Waals surface area (Å²) in [4.78, 5) is 25.4. The Morgan fingerprint density at radius 2 is 2.00 bits per heavy atom. The number of unbranched alkanes of at least 4 members (excludes halogenated alkanes) is 2. The number of fused-ring (bicyclic) bond motifs is 1. The molecule has 6 heteroatoms. The fraction of sp³-hybridized carbons (Fsp3) is 0.462. The van der Waals surface area contributed by atoms with Crippen LogP contribution in [0.4, 0.5) is 0 Å². The van der Waals surface area contributed by atoms with Crippen LogP contribution in [0.5, 0.6) is 0 Å². The van der Waals surface area contributed by atoms with Crippen molar-refractivity contribution in [3.05, 3.63) is 23.8 Å². The van der Waals surface area contributed by atoms with Crippen molar-refractivity contribution < 1.29 is 18.0 Å². The lowest BCUT2D eigenvalue weighted by Gasteiger charge is -2.13. The summed E-state index contributed by atoms with van der Waals surface area (Å²) in [5.74, 6) is -1.72. The number of carbonyl (C=O) groups is 2. The monoisotopic (exact) mass is 281 g/mol. The number of rotatable bonds is 4. The van der Waals surface area contributed by atoms with Gasteiger partial charge in [-0.3, -0.25) is 14.5 Å². The molecule has 1 aliphatic heterocycles. The summed E-state index contributed by atoms with van der Waals surface area (Å²) in [6.07, 6.45) is 7.07. The Morgan fingerprint density at radius 1 is 1.26 bits per heavy atom. The molecule has 0 aromatic carbocycles. The van der Waals surface area contributed by atoms with E-state index in [-0.39, 0.29) is 16.3 Å². The third kappa shape index (κ3) is 2.40. The minimum Gasteiger partial charge on any atom is -0.278 e. The molecule has 0 aromatic rings. The molecule has 0 aromatic heterocycles. The fourth-order valence-electron chi connectivity index (χ4n) is 2.34. The van der Waals surface area contributed by atoms with E-state index in [2.05, 4.69) is 0 Å². The molecule has 102 valence electrons. The Balaban J connectivity index is 2.30. The molecule has 0 radical (unpaired) electrons. The van der Waals surface area contributed by atoms with Crippen molar-refractivity contribution in [2.24, 2.45) is 5.92 Å². The van der Waals surface area contributed by atoms with Crippen LogP contribution >= 0.6 is 0 Å². The van der Waals surface area contributed by atoms with E-state index in [4.69, 9.17) is 0 Å². The number of amides is 2.